The molecule has 0 amide bonds. The number of aliphatic hydroxyl groups is 1. The third kappa shape index (κ3) is 5.45. The number of hydrogen-bond donors (Lipinski definition) is 1. The summed E-state index contributed by atoms with van der Waals surface area (Å²) in [6.45, 7) is 7.55. The highest BCUT2D eigenvalue weighted by molar-refractivity contribution is 9.10. The van der Waals surface area contributed by atoms with Crippen LogP contribution in [0.3, 0.4) is 0 Å². The zero-order valence-electron chi connectivity index (χ0n) is 12.3. The molecule has 0 aliphatic rings. The second-order valence-electron chi connectivity index (χ2n) is 5.83. The number of aromatic nitrogens is 2. The number of hydrogen-bond acceptors (Lipinski definition) is 4. The summed E-state index contributed by atoms with van der Waals surface area (Å²) in [5, 5.41) is 8.77. The van der Waals surface area contributed by atoms with E-state index in [2.05, 4.69) is 51.6 Å². The van der Waals surface area contributed by atoms with Gasteiger partial charge in [0.15, 0.2) is 0 Å². The van der Waals surface area contributed by atoms with Crippen molar-refractivity contribution in [3.05, 3.63) is 16.5 Å². The molecule has 0 atom stereocenters. The molecular formula is C14H24BrN3O. The van der Waals surface area contributed by atoms with Gasteiger partial charge in [0.1, 0.15) is 16.2 Å². The highest BCUT2D eigenvalue weighted by atomic mass is 79.9. The van der Waals surface area contributed by atoms with Crippen LogP contribution in [0.4, 0.5) is 5.82 Å². The van der Waals surface area contributed by atoms with Gasteiger partial charge in [-0.2, -0.15) is 0 Å². The van der Waals surface area contributed by atoms with Crippen LogP contribution in [-0.2, 0) is 5.41 Å². The molecule has 1 rings (SSSR count). The second kappa shape index (κ2) is 7.20. The van der Waals surface area contributed by atoms with Crippen molar-refractivity contribution in [2.75, 3.05) is 25.1 Å². The largest absolute Gasteiger partial charge is 0.396 e. The van der Waals surface area contributed by atoms with Gasteiger partial charge in [0, 0.05) is 31.7 Å². The van der Waals surface area contributed by atoms with Gasteiger partial charge < -0.3 is 10.0 Å². The van der Waals surface area contributed by atoms with E-state index in [9.17, 15) is 0 Å². The molecule has 0 saturated heterocycles. The monoisotopic (exact) mass is 329 g/mol. The Bertz CT molecular complexity index is 404. The minimum Gasteiger partial charge on any atom is -0.396 e. The zero-order chi connectivity index (χ0) is 14.5. The topological polar surface area (TPSA) is 49.2 Å². The molecule has 0 fully saturated rings. The predicted octanol–water partition coefficient (Wildman–Crippen LogP) is 3.14. The van der Waals surface area contributed by atoms with E-state index in [0.717, 1.165) is 42.1 Å². The first-order chi connectivity index (χ1) is 8.84. The molecule has 0 aliphatic carbocycles. The summed E-state index contributed by atoms with van der Waals surface area (Å²) in [5.74, 6) is 1.79. The summed E-state index contributed by atoms with van der Waals surface area (Å²) in [4.78, 5) is 11.2. The van der Waals surface area contributed by atoms with Crippen molar-refractivity contribution < 1.29 is 5.11 Å². The van der Waals surface area contributed by atoms with Gasteiger partial charge in [-0.3, -0.25) is 0 Å². The summed E-state index contributed by atoms with van der Waals surface area (Å²) < 4.78 is 0.824. The number of aliphatic hydroxyl groups excluding tert-OH is 1. The molecule has 1 N–H and O–H groups in total. The first-order valence-corrected chi connectivity index (χ1v) is 7.51. The third-order valence-corrected chi connectivity index (χ3v) is 3.30. The normalized spacial score (nSPS) is 11.7. The zero-order valence-corrected chi connectivity index (χ0v) is 13.9. The van der Waals surface area contributed by atoms with E-state index in [0.29, 0.717) is 0 Å². The minimum absolute atomic E-state index is 0.0593. The Balaban J connectivity index is 2.74. The van der Waals surface area contributed by atoms with Gasteiger partial charge in [0.2, 0.25) is 0 Å². The molecule has 0 spiro atoms. The van der Waals surface area contributed by atoms with Crippen molar-refractivity contribution >= 4 is 21.7 Å². The average molecular weight is 330 g/mol. The summed E-state index contributed by atoms with van der Waals surface area (Å²) in [6, 6.07) is 1.95. The number of halogens is 1. The molecule has 0 unspecified atom stereocenters. The first kappa shape index (κ1) is 16.4. The van der Waals surface area contributed by atoms with Crippen LogP contribution in [0.1, 0.15) is 45.9 Å². The Morgan fingerprint density at radius 1 is 1.21 bits per heavy atom. The molecule has 0 radical (unpaired) electrons. The van der Waals surface area contributed by atoms with Crippen molar-refractivity contribution in [2.45, 2.75) is 45.4 Å². The van der Waals surface area contributed by atoms with Crippen molar-refractivity contribution in [1.82, 2.24) is 9.97 Å². The SMILES string of the molecule is CN(CCCCCO)c1cc(Br)nc(C(C)(C)C)n1. The summed E-state index contributed by atoms with van der Waals surface area (Å²) in [6.07, 6.45) is 2.97. The molecule has 4 nitrogen and oxygen atoms in total. The average Bonchev–Trinajstić information content (AvgIpc) is 2.32. The number of rotatable bonds is 6. The smallest absolute Gasteiger partial charge is 0.137 e. The minimum atomic E-state index is -0.0593. The maximum absolute atomic E-state index is 8.77. The van der Waals surface area contributed by atoms with Gasteiger partial charge in [-0.15, -0.1) is 0 Å². The van der Waals surface area contributed by atoms with Crippen LogP contribution in [0.25, 0.3) is 0 Å². The Hall–Kier alpha value is -0.680. The molecule has 0 aliphatic heterocycles. The fourth-order valence-corrected chi connectivity index (χ4v) is 2.06. The molecule has 0 saturated carbocycles. The molecule has 1 aromatic rings. The highest BCUT2D eigenvalue weighted by Gasteiger charge is 2.19. The number of nitrogens with zero attached hydrogens (tertiary/aromatic N) is 3. The van der Waals surface area contributed by atoms with Crippen LogP contribution >= 0.6 is 15.9 Å². The Morgan fingerprint density at radius 3 is 2.47 bits per heavy atom. The lowest BCUT2D eigenvalue weighted by atomic mass is 9.96. The summed E-state index contributed by atoms with van der Waals surface area (Å²) in [5.41, 5.74) is -0.0593. The molecule has 0 bridgehead atoms. The Morgan fingerprint density at radius 2 is 1.89 bits per heavy atom. The number of unbranched alkanes of at least 4 members (excludes halogenated alkanes) is 2. The fourth-order valence-electron chi connectivity index (χ4n) is 1.69. The lowest BCUT2D eigenvalue weighted by Gasteiger charge is -2.22. The first-order valence-electron chi connectivity index (χ1n) is 6.71. The summed E-state index contributed by atoms with van der Waals surface area (Å²) >= 11 is 3.46. The van der Waals surface area contributed by atoms with Crippen LogP contribution in [0.15, 0.2) is 10.7 Å². The maximum Gasteiger partial charge on any atom is 0.137 e. The van der Waals surface area contributed by atoms with E-state index in [4.69, 9.17) is 5.11 Å². The van der Waals surface area contributed by atoms with Gasteiger partial charge in [-0.1, -0.05) is 20.8 Å². The highest BCUT2D eigenvalue weighted by Crippen LogP contribution is 2.23. The van der Waals surface area contributed by atoms with Crippen LogP contribution in [0.5, 0.6) is 0 Å². The lowest BCUT2D eigenvalue weighted by molar-refractivity contribution is 0.283. The second-order valence-corrected chi connectivity index (χ2v) is 6.64. The van der Waals surface area contributed by atoms with Crippen molar-refractivity contribution in [3.63, 3.8) is 0 Å². The van der Waals surface area contributed by atoms with Crippen molar-refractivity contribution in [3.8, 4) is 0 Å². The molecule has 1 aromatic heterocycles. The van der Waals surface area contributed by atoms with Crippen LogP contribution in [0, 0.1) is 0 Å². The van der Waals surface area contributed by atoms with Crippen LogP contribution in [-0.4, -0.2) is 35.3 Å². The number of anilines is 1. The Labute approximate surface area is 124 Å². The van der Waals surface area contributed by atoms with Crippen LogP contribution in [0.2, 0.25) is 0 Å². The van der Waals surface area contributed by atoms with Gasteiger partial charge in [-0.05, 0) is 35.2 Å². The lowest BCUT2D eigenvalue weighted by Crippen LogP contribution is -2.23. The maximum atomic E-state index is 8.77. The standard InChI is InChI=1S/C14H24BrN3O/c1-14(2,3)13-16-11(15)10-12(17-13)18(4)8-6-5-7-9-19/h10,19H,5-9H2,1-4H3. The van der Waals surface area contributed by atoms with E-state index in [-0.39, 0.29) is 12.0 Å². The third-order valence-electron chi connectivity index (χ3n) is 2.89. The predicted molar refractivity (Wildman–Crippen MR) is 82.6 cm³/mol. The molecule has 0 aromatic carbocycles. The van der Waals surface area contributed by atoms with Crippen molar-refractivity contribution in [2.24, 2.45) is 0 Å². The fraction of sp³-hybridized carbons (Fsp3) is 0.714. The molecular weight excluding hydrogens is 306 g/mol. The Kier molecular flexibility index (Phi) is 6.20. The molecule has 5 heteroatoms. The van der Waals surface area contributed by atoms with E-state index in [1.165, 1.54) is 0 Å². The van der Waals surface area contributed by atoms with E-state index < -0.39 is 0 Å². The summed E-state index contributed by atoms with van der Waals surface area (Å²) in [7, 11) is 2.04. The molecule has 19 heavy (non-hydrogen) atoms. The van der Waals surface area contributed by atoms with Gasteiger partial charge in [0.05, 0.1) is 0 Å². The van der Waals surface area contributed by atoms with Gasteiger partial charge >= 0.3 is 0 Å². The van der Waals surface area contributed by atoms with Gasteiger partial charge in [-0.25, -0.2) is 9.97 Å². The van der Waals surface area contributed by atoms with Crippen molar-refractivity contribution in [1.29, 1.82) is 0 Å². The quantitative estimate of drug-likeness (QED) is 0.643. The van der Waals surface area contributed by atoms with E-state index in [1.807, 2.05) is 13.1 Å². The molecule has 1 heterocycles. The van der Waals surface area contributed by atoms with Crippen LogP contribution < -0.4 is 4.90 Å². The van der Waals surface area contributed by atoms with Gasteiger partial charge in [0.25, 0.3) is 0 Å². The molecule has 108 valence electrons. The van der Waals surface area contributed by atoms with E-state index >= 15 is 0 Å². The van der Waals surface area contributed by atoms with E-state index in [1.54, 1.807) is 0 Å².